The molecule has 0 amide bonds. The predicted octanol–water partition coefficient (Wildman–Crippen LogP) is 1.87. The van der Waals surface area contributed by atoms with Crippen molar-refractivity contribution >= 4 is 0 Å². The summed E-state index contributed by atoms with van der Waals surface area (Å²) in [6.07, 6.45) is 1.64. The molecule has 3 heteroatoms. The highest BCUT2D eigenvalue weighted by molar-refractivity contribution is 5.30. The van der Waals surface area contributed by atoms with Gasteiger partial charge >= 0.3 is 0 Å². The molecule has 1 aliphatic rings. The number of benzene rings is 1. The van der Waals surface area contributed by atoms with Crippen LogP contribution in [0.25, 0.3) is 0 Å². The standard InChI is InChI=1S/C13H19NO2/c1-9(14-11-7-12(15)8-11)10-4-3-5-13(6-10)16-2/h3-6,9,11-12,14-15H,7-8H2,1-2H3. The monoisotopic (exact) mass is 221 g/mol. The minimum Gasteiger partial charge on any atom is -0.497 e. The lowest BCUT2D eigenvalue weighted by molar-refractivity contribution is 0.0585. The van der Waals surface area contributed by atoms with Gasteiger partial charge in [0.1, 0.15) is 5.75 Å². The molecule has 1 saturated carbocycles. The summed E-state index contributed by atoms with van der Waals surface area (Å²) < 4.78 is 5.20. The molecule has 3 nitrogen and oxygen atoms in total. The average Bonchev–Trinajstić information content (AvgIpc) is 2.27. The Morgan fingerprint density at radius 1 is 1.44 bits per heavy atom. The Morgan fingerprint density at radius 2 is 2.19 bits per heavy atom. The minimum absolute atomic E-state index is 0.102. The van der Waals surface area contributed by atoms with E-state index < -0.39 is 0 Å². The van der Waals surface area contributed by atoms with Gasteiger partial charge in [-0.1, -0.05) is 12.1 Å². The quantitative estimate of drug-likeness (QED) is 0.815. The molecule has 1 fully saturated rings. The molecule has 2 rings (SSSR count). The lowest BCUT2D eigenvalue weighted by Crippen LogP contribution is -2.45. The summed E-state index contributed by atoms with van der Waals surface area (Å²) in [7, 11) is 1.68. The van der Waals surface area contributed by atoms with Crippen molar-refractivity contribution in [2.24, 2.45) is 0 Å². The van der Waals surface area contributed by atoms with Gasteiger partial charge < -0.3 is 15.2 Å². The molecule has 0 radical (unpaired) electrons. The van der Waals surface area contributed by atoms with Crippen LogP contribution in [0.4, 0.5) is 0 Å². The highest BCUT2D eigenvalue weighted by Gasteiger charge is 2.28. The first kappa shape index (κ1) is 11.4. The summed E-state index contributed by atoms with van der Waals surface area (Å²) in [5.74, 6) is 0.889. The van der Waals surface area contributed by atoms with Crippen molar-refractivity contribution in [2.45, 2.75) is 38.0 Å². The van der Waals surface area contributed by atoms with Crippen LogP contribution in [0.3, 0.4) is 0 Å². The minimum atomic E-state index is -0.102. The Kier molecular flexibility index (Phi) is 3.46. The fourth-order valence-corrected chi connectivity index (χ4v) is 2.08. The predicted molar refractivity (Wildman–Crippen MR) is 63.6 cm³/mol. The summed E-state index contributed by atoms with van der Waals surface area (Å²) in [6.45, 7) is 2.14. The number of hydrogen-bond acceptors (Lipinski definition) is 3. The maximum atomic E-state index is 9.22. The van der Waals surface area contributed by atoms with Crippen molar-refractivity contribution in [2.75, 3.05) is 7.11 Å². The summed E-state index contributed by atoms with van der Waals surface area (Å²) in [6, 6.07) is 8.84. The van der Waals surface area contributed by atoms with Crippen LogP contribution in [0.5, 0.6) is 5.75 Å². The van der Waals surface area contributed by atoms with E-state index >= 15 is 0 Å². The van der Waals surface area contributed by atoms with Gasteiger partial charge in [-0.25, -0.2) is 0 Å². The average molecular weight is 221 g/mol. The highest BCUT2D eigenvalue weighted by atomic mass is 16.5. The maximum absolute atomic E-state index is 9.22. The summed E-state index contributed by atoms with van der Waals surface area (Å²) in [5.41, 5.74) is 1.22. The third-order valence-corrected chi connectivity index (χ3v) is 3.19. The van der Waals surface area contributed by atoms with Gasteiger partial charge in [-0.05, 0) is 37.5 Å². The number of rotatable bonds is 4. The molecule has 1 atom stereocenters. The van der Waals surface area contributed by atoms with Crippen LogP contribution < -0.4 is 10.1 Å². The first-order valence-electron chi connectivity index (χ1n) is 5.77. The number of hydrogen-bond donors (Lipinski definition) is 2. The van der Waals surface area contributed by atoms with Crippen LogP contribution in [-0.4, -0.2) is 24.4 Å². The molecule has 0 spiro atoms. The van der Waals surface area contributed by atoms with E-state index in [2.05, 4.69) is 18.3 Å². The van der Waals surface area contributed by atoms with Crippen LogP contribution in [-0.2, 0) is 0 Å². The molecule has 1 aromatic rings. The molecule has 0 aromatic heterocycles. The SMILES string of the molecule is COc1cccc(C(C)NC2CC(O)C2)c1. The molecule has 2 N–H and O–H groups in total. The lowest BCUT2D eigenvalue weighted by Gasteiger charge is -2.34. The zero-order chi connectivity index (χ0) is 11.5. The molecule has 88 valence electrons. The molecule has 16 heavy (non-hydrogen) atoms. The fraction of sp³-hybridized carbons (Fsp3) is 0.538. The molecular weight excluding hydrogens is 202 g/mol. The number of nitrogens with one attached hydrogen (secondary N) is 1. The second-order valence-corrected chi connectivity index (χ2v) is 4.49. The Labute approximate surface area is 96.4 Å². The smallest absolute Gasteiger partial charge is 0.119 e. The van der Waals surface area contributed by atoms with Crippen LogP contribution >= 0.6 is 0 Å². The van der Waals surface area contributed by atoms with Crippen LogP contribution in [0.15, 0.2) is 24.3 Å². The topological polar surface area (TPSA) is 41.5 Å². The number of aliphatic hydroxyl groups excluding tert-OH is 1. The molecular formula is C13H19NO2. The molecule has 1 aromatic carbocycles. The van der Waals surface area contributed by atoms with Crippen molar-refractivity contribution < 1.29 is 9.84 Å². The normalized spacial score (nSPS) is 25.9. The van der Waals surface area contributed by atoms with E-state index in [0.717, 1.165) is 18.6 Å². The second kappa shape index (κ2) is 4.85. The molecule has 0 aliphatic heterocycles. The van der Waals surface area contributed by atoms with E-state index in [1.54, 1.807) is 7.11 Å². The largest absolute Gasteiger partial charge is 0.497 e. The molecule has 0 heterocycles. The molecule has 1 aliphatic carbocycles. The van der Waals surface area contributed by atoms with Gasteiger partial charge in [0.15, 0.2) is 0 Å². The van der Waals surface area contributed by atoms with Gasteiger partial charge in [0, 0.05) is 12.1 Å². The molecule has 1 unspecified atom stereocenters. The highest BCUT2D eigenvalue weighted by Crippen LogP contribution is 2.24. The lowest BCUT2D eigenvalue weighted by atomic mass is 9.88. The number of aliphatic hydroxyl groups is 1. The van der Waals surface area contributed by atoms with Crippen LogP contribution in [0.1, 0.15) is 31.4 Å². The Morgan fingerprint density at radius 3 is 2.81 bits per heavy atom. The van der Waals surface area contributed by atoms with Gasteiger partial charge in [-0.2, -0.15) is 0 Å². The van der Waals surface area contributed by atoms with Crippen LogP contribution in [0, 0.1) is 0 Å². The molecule has 0 bridgehead atoms. The third-order valence-electron chi connectivity index (χ3n) is 3.19. The van der Waals surface area contributed by atoms with Crippen molar-refractivity contribution in [1.82, 2.24) is 5.32 Å². The summed E-state index contributed by atoms with van der Waals surface area (Å²) in [5, 5.41) is 12.7. The zero-order valence-electron chi connectivity index (χ0n) is 9.81. The first-order chi connectivity index (χ1) is 7.69. The van der Waals surface area contributed by atoms with Gasteiger partial charge in [-0.15, -0.1) is 0 Å². The van der Waals surface area contributed by atoms with Crippen molar-refractivity contribution in [3.05, 3.63) is 29.8 Å². The maximum Gasteiger partial charge on any atom is 0.119 e. The van der Waals surface area contributed by atoms with E-state index in [1.165, 1.54) is 5.56 Å². The van der Waals surface area contributed by atoms with Crippen LogP contribution in [0.2, 0.25) is 0 Å². The second-order valence-electron chi connectivity index (χ2n) is 4.49. The summed E-state index contributed by atoms with van der Waals surface area (Å²) >= 11 is 0. The zero-order valence-corrected chi connectivity index (χ0v) is 9.81. The van der Waals surface area contributed by atoms with Crippen molar-refractivity contribution in [3.8, 4) is 5.75 Å². The Balaban J connectivity index is 1.94. The van der Waals surface area contributed by atoms with E-state index in [4.69, 9.17) is 4.74 Å². The molecule has 0 saturated heterocycles. The van der Waals surface area contributed by atoms with E-state index in [0.29, 0.717) is 12.1 Å². The number of ether oxygens (including phenoxy) is 1. The Bertz CT molecular complexity index is 348. The van der Waals surface area contributed by atoms with Gasteiger partial charge in [0.25, 0.3) is 0 Å². The number of methoxy groups -OCH3 is 1. The summed E-state index contributed by atoms with van der Waals surface area (Å²) in [4.78, 5) is 0. The van der Waals surface area contributed by atoms with Gasteiger partial charge in [0.2, 0.25) is 0 Å². The third kappa shape index (κ3) is 2.54. The van der Waals surface area contributed by atoms with Gasteiger partial charge in [-0.3, -0.25) is 0 Å². The van der Waals surface area contributed by atoms with E-state index in [9.17, 15) is 5.11 Å². The Hall–Kier alpha value is -1.06. The van der Waals surface area contributed by atoms with E-state index in [1.807, 2.05) is 18.2 Å². The first-order valence-corrected chi connectivity index (χ1v) is 5.77. The van der Waals surface area contributed by atoms with Crippen molar-refractivity contribution in [1.29, 1.82) is 0 Å². The van der Waals surface area contributed by atoms with E-state index in [-0.39, 0.29) is 6.10 Å². The van der Waals surface area contributed by atoms with Crippen molar-refractivity contribution in [3.63, 3.8) is 0 Å². The fourth-order valence-electron chi connectivity index (χ4n) is 2.08. The van der Waals surface area contributed by atoms with Gasteiger partial charge in [0.05, 0.1) is 13.2 Å².